The van der Waals surface area contributed by atoms with Crippen LogP contribution in [0.3, 0.4) is 0 Å². The average Bonchev–Trinajstić information content (AvgIpc) is 3.06. The van der Waals surface area contributed by atoms with Gasteiger partial charge in [0.15, 0.2) is 0 Å². The van der Waals surface area contributed by atoms with Gasteiger partial charge in [-0.2, -0.15) is 0 Å². The van der Waals surface area contributed by atoms with Gasteiger partial charge >= 0.3 is 0 Å². The van der Waals surface area contributed by atoms with Crippen molar-refractivity contribution in [2.75, 3.05) is 0 Å². The van der Waals surface area contributed by atoms with Crippen LogP contribution >= 0.6 is 0 Å². The predicted molar refractivity (Wildman–Crippen MR) is 177 cm³/mol. The molecule has 0 unspecified atom stereocenters. The normalized spacial score (nSPS) is 11.8. The number of hydrogen-bond acceptors (Lipinski definition) is 2. The van der Waals surface area contributed by atoms with E-state index in [9.17, 15) is 0 Å². The van der Waals surface area contributed by atoms with E-state index >= 15 is 0 Å². The molecular formula is C40H24N2. The Labute approximate surface area is 242 Å². The molecule has 0 saturated carbocycles. The van der Waals surface area contributed by atoms with Crippen molar-refractivity contribution in [1.82, 2.24) is 9.97 Å². The van der Waals surface area contributed by atoms with Crippen molar-refractivity contribution in [3.8, 4) is 33.6 Å². The Morgan fingerprint density at radius 3 is 1.60 bits per heavy atom. The molecule has 0 saturated heterocycles. The molecule has 7 aromatic carbocycles. The summed E-state index contributed by atoms with van der Waals surface area (Å²) in [5.74, 6) is 0. The Morgan fingerprint density at radius 1 is 0.357 bits per heavy atom. The standard InChI is InChI=1S/C40H24N2/c1-3-11-31-29(9-1)39(34-20-18-28-16-15-26-7-5-8-27-17-19-33(34)38(28)37(26)27)30-10-2-4-12-32(30)40(31)36-14-6-13-35(42-36)25-21-23-41-24-22-25/h1-24H. The zero-order chi connectivity index (χ0) is 27.6. The molecule has 2 heterocycles. The van der Waals surface area contributed by atoms with Crippen LogP contribution in [0.2, 0.25) is 0 Å². The fourth-order valence-corrected chi connectivity index (χ4v) is 6.91. The molecule has 0 fully saturated rings. The summed E-state index contributed by atoms with van der Waals surface area (Å²) >= 11 is 0. The second-order valence-corrected chi connectivity index (χ2v) is 11.0. The van der Waals surface area contributed by atoms with Crippen LogP contribution in [0.1, 0.15) is 0 Å². The number of aromatic nitrogens is 2. The molecule has 0 atom stereocenters. The van der Waals surface area contributed by atoms with Crippen LogP contribution < -0.4 is 0 Å². The highest BCUT2D eigenvalue weighted by atomic mass is 14.7. The van der Waals surface area contributed by atoms with Crippen molar-refractivity contribution in [3.63, 3.8) is 0 Å². The second-order valence-electron chi connectivity index (χ2n) is 11.0. The van der Waals surface area contributed by atoms with Crippen LogP contribution in [-0.2, 0) is 0 Å². The number of nitrogens with zero attached hydrogens (tertiary/aromatic N) is 2. The first-order chi connectivity index (χ1) is 20.8. The molecular weight excluding hydrogens is 508 g/mol. The van der Waals surface area contributed by atoms with Crippen LogP contribution in [0.25, 0.3) is 87.5 Å². The van der Waals surface area contributed by atoms with Crippen molar-refractivity contribution in [2.24, 2.45) is 0 Å². The third-order valence-electron chi connectivity index (χ3n) is 8.71. The summed E-state index contributed by atoms with van der Waals surface area (Å²) in [4.78, 5) is 9.39. The average molecular weight is 533 g/mol. The summed E-state index contributed by atoms with van der Waals surface area (Å²) in [6.45, 7) is 0. The van der Waals surface area contributed by atoms with Crippen LogP contribution in [0.15, 0.2) is 146 Å². The molecule has 0 radical (unpaired) electrons. The van der Waals surface area contributed by atoms with Gasteiger partial charge in [0.05, 0.1) is 11.4 Å². The Balaban J connectivity index is 1.40. The van der Waals surface area contributed by atoms with Gasteiger partial charge in [0, 0.05) is 23.5 Å². The van der Waals surface area contributed by atoms with Gasteiger partial charge in [-0.25, -0.2) is 4.98 Å². The molecule has 0 bridgehead atoms. The third kappa shape index (κ3) is 3.33. The minimum Gasteiger partial charge on any atom is -0.265 e. The van der Waals surface area contributed by atoms with Gasteiger partial charge in [0.2, 0.25) is 0 Å². The van der Waals surface area contributed by atoms with E-state index in [4.69, 9.17) is 4.98 Å². The molecule has 0 aliphatic rings. The van der Waals surface area contributed by atoms with Gasteiger partial charge in [-0.15, -0.1) is 0 Å². The highest BCUT2D eigenvalue weighted by Crippen LogP contribution is 2.47. The smallest absolute Gasteiger partial charge is 0.0722 e. The fraction of sp³-hybridized carbons (Fsp3) is 0. The largest absolute Gasteiger partial charge is 0.265 e. The Morgan fingerprint density at radius 2 is 0.905 bits per heavy atom. The molecule has 0 spiro atoms. The van der Waals surface area contributed by atoms with Crippen LogP contribution in [0, 0.1) is 0 Å². The van der Waals surface area contributed by atoms with E-state index in [0.717, 1.165) is 17.0 Å². The van der Waals surface area contributed by atoms with Crippen molar-refractivity contribution < 1.29 is 0 Å². The summed E-state index contributed by atoms with van der Waals surface area (Å²) in [6.07, 6.45) is 3.64. The highest BCUT2D eigenvalue weighted by Gasteiger charge is 2.20. The van der Waals surface area contributed by atoms with E-state index in [1.807, 2.05) is 24.5 Å². The summed E-state index contributed by atoms with van der Waals surface area (Å²) in [5.41, 5.74) is 6.67. The summed E-state index contributed by atoms with van der Waals surface area (Å²) in [6, 6.07) is 48.3. The molecule has 194 valence electrons. The zero-order valence-electron chi connectivity index (χ0n) is 22.8. The molecule has 0 amide bonds. The maximum absolute atomic E-state index is 5.19. The van der Waals surface area contributed by atoms with E-state index < -0.39 is 0 Å². The van der Waals surface area contributed by atoms with Crippen LogP contribution in [0.4, 0.5) is 0 Å². The van der Waals surface area contributed by atoms with Crippen LogP contribution in [-0.4, -0.2) is 9.97 Å². The first-order valence-corrected chi connectivity index (χ1v) is 14.3. The van der Waals surface area contributed by atoms with Crippen LogP contribution in [0.5, 0.6) is 0 Å². The monoisotopic (exact) mass is 532 g/mol. The molecule has 2 heteroatoms. The maximum Gasteiger partial charge on any atom is 0.0722 e. The lowest BCUT2D eigenvalue weighted by molar-refractivity contribution is 1.29. The SMILES string of the molecule is c1cc(-c2ccncc2)nc(-c2c3ccccc3c(-c3ccc4ccc5cccc6ccc3c4c56)c3ccccc23)c1. The Hall–Kier alpha value is -5.60. The predicted octanol–water partition coefficient (Wildman–Crippen LogP) is 10.7. The van der Waals surface area contributed by atoms with E-state index in [-0.39, 0.29) is 0 Å². The quantitative estimate of drug-likeness (QED) is 0.167. The van der Waals surface area contributed by atoms with Gasteiger partial charge < -0.3 is 0 Å². The molecule has 9 rings (SSSR count). The van der Waals surface area contributed by atoms with Gasteiger partial charge in [0.1, 0.15) is 0 Å². The van der Waals surface area contributed by atoms with Crippen molar-refractivity contribution >= 4 is 53.9 Å². The molecule has 0 aliphatic heterocycles. The van der Waals surface area contributed by atoms with E-state index in [0.29, 0.717) is 0 Å². The van der Waals surface area contributed by atoms with Crippen molar-refractivity contribution in [2.45, 2.75) is 0 Å². The number of pyridine rings is 2. The first-order valence-electron chi connectivity index (χ1n) is 14.3. The van der Waals surface area contributed by atoms with Crippen molar-refractivity contribution in [1.29, 1.82) is 0 Å². The third-order valence-corrected chi connectivity index (χ3v) is 8.71. The summed E-state index contributed by atoms with van der Waals surface area (Å²) in [5, 5.41) is 12.7. The number of fused-ring (bicyclic) bond motifs is 2. The minimum absolute atomic E-state index is 0.943. The lowest BCUT2D eigenvalue weighted by Gasteiger charge is -2.20. The van der Waals surface area contributed by atoms with E-state index in [1.165, 1.54) is 70.6 Å². The van der Waals surface area contributed by atoms with Gasteiger partial charge in [-0.1, -0.05) is 109 Å². The highest BCUT2D eigenvalue weighted by molar-refractivity contribution is 6.29. The molecule has 2 nitrogen and oxygen atoms in total. The van der Waals surface area contributed by atoms with Gasteiger partial charge in [0.25, 0.3) is 0 Å². The fourth-order valence-electron chi connectivity index (χ4n) is 6.91. The number of hydrogen-bond donors (Lipinski definition) is 0. The summed E-state index contributed by atoms with van der Waals surface area (Å²) in [7, 11) is 0. The number of rotatable bonds is 3. The molecule has 2 aromatic heterocycles. The molecule has 0 aliphatic carbocycles. The number of benzene rings is 7. The first kappa shape index (κ1) is 23.1. The zero-order valence-corrected chi connectivity index (χ0v) is 22.8. The summed E-state index contributed by atoms with van der Waals surface area (Å²) < 4.78 is 0. The maximum atomic E-state index is 5.19. The van der Waals surface area contributed by atoms with E-state index in [1.54, 1.807) is 0 Å². The lowest BCUT2D eigenvalue weighted by Crippen LogP contribution is -1.94. The minimum atomic E-state index is 0.943. The molecule has 9 aromatic rings. The topological polar surface area (TPSA) is 25.8 Å². The van der Waals surface area contributed by atoms with Gasteiger partial charge in [-0.3, -0.25) is 4.98 Å². The lowest BCUT2D eigenvalue weighted by atomic mass is 9.84. The Bertz CT molecular complexity index is 2390. The van der Waals surface area contributed by atoms with Crippen molar-refractivity contribution in [3.05, 3.63) is 146 Å². The molecule has 42 heavy (non-hydrogen) atoms. The Kier molecular flexibility index (Phi) is 4.93. The van der Waals surface area contributed by atoms with Gasteiger partial charge in [-0.05, 0) is 89.3 Å². The second kappa shape index (κ2) is 8.95. The van der Waals surface area contributed by atoms with E-state index in [2.05, 4.69) is 126 Å². The molecule has 0 N–H and O–H groups in total.